The van der Waals surface area contributed by atoms with Gasteiger partial charge in [-0.1, -0.05) is 0 Å². The lowest BCUT2D eigenvalue weighted by Crippen LogP contribution is -2.41. The van der Waals surface area contributed by atoms with Gasteiger partial charge in [-0.25, -0.2) is 0 Å². The van der Waals surface area contributed by atoms with E-state index in [0.29, 0.717) is 12.2 Å². The normalized spacial score (nSPS) is 33.6. The van der Waals surface area contributed by atoms with Crippen LogP contribution in [0.4, 0.5) is 0 Å². The highest BCUT2D eigenvalue weighted by Gasteiger charge is 2.36. The first-order chi connectivity index (χ1) is 8.31. The molecule has 0 aliphatic carbocycles. The smallest absolute Gasteiger partial charge is 0.0735 e. The molecule has 2 aliphatic rings. The molecule has 0 spiro atoms. The first-order valence-corrected chi connectivity index (χ1v) is 6.58. The summed E-state index contributed by atoms with van der Waals surface area (Å²) in [5.74, 6) is 0.804. The van der Waals surface area contributed by atoms with Gasteiger partial charge in [-0.05, 0) is 49.9 Å². The third-order valence-corrected chi connectivity index (χ3v) is 3.98. The Morgan fingerprint density at radius 1 is 1.41 bits per heavy atom. The van der Waals surface area contributed by atoms with Gasteiger partial charge in [0.15, 0.2) is 0 Å². The van der Waals surface area contributed by atoms with Gasteiger partial charge in [-0.2, -0.15) is 0 Å². The second kappa shape index (κ2) is 4.75. The van der Waals surface area contributed by atoms with Crippen molar-refractivity contribution in [3.63, 3.8) is 0 Å². The third-order valence-electron chi connectivity index (χ3n) is 3.98. The molecule has 0 saturated carbocycles. The summed E-state index contributed by atoms with van der Waals surface area (Å²) in [7, 11) is 0. The van der Waals surface area contributed by atoms with E-state index < -0.39 is 0 Å². The van der Waals surface area contributed by atoms with Crippen molar-refractivity contribution < 1.29 is 4.74 Å². The van der Waals surface area contributed by atoms with Gasteiger partial charge in [-0.3, -0.25) is 9.88 Å². The van der Waals surface area contributed by atoms with E-state index in [1.165, 1.54) is 24.9 Å². The SMILES string of the molecule is C[C@@H]1C[C@@H]2CCN(Cc3ccncc3)C[C@H]2O1. The van der Waals surface area contributed by atoms with Crippen molar-refractivity contribution in [3.8, 4) is 0 Å². The molecule has 3 rings (SSSR count). The second-order valence-electron chi connectivity index (χ2n) is 5.36. The summed E-state index contributed by atoms with van der Waals surface area (Å²) < 4.78 is 5.98. The molecule has 1 aromatic heterocycles. The lowest BCUT2D eigenvalue weighted by atomic mass is 9.92. The number of fused-ring (bicyclic) bond motifs is 1. The zero-order chi connectivity index (χ0) is 11.7. The van der Waals surface area contributed by atoms with Crippen molar-refractivity contribution >= 4 is 0 Å². The maximum Gasteiger partial charge on any atom is 0.0735 e. The van der Waals surface area contributed by atoms with Gasteiger partial charge in [-0.15, -0.1) is 0 Å². The van der Waals surface area contributed by atoms with Crippen LogP contribution in [0.25, 0.3) is 0 Å². The van der Waals surface area contributed by atoms with E-state index in [9.17, 15) is 0 Å². The minimum Gasteiger partial charge on any atom is -0.374 e. The predicted molar refractivity (Wildman–Crippen MR) is 66.6 cm³/mol. The summed E-state index contributed by atoms with van der Waals surface area (Å²) in [6, 6.07) is 4.20. The molecule has 3 atom stereocenters. The zero-order valence-corrected chi connectivity index (χ0v) is 10.4. The molecule has 0 amide bonds. The molecule has 0 bridgehead atoms. The van der Waals surface area contributed by atoms with Crippen LogP contribution in [-0.2, 0) is 11.3 Å². The highest BCUT2D eigenvalue weighted by molar-refractivity contribution is 5.09. The fourth-order valence-electron chi connectivity index (χ4n) is 3.12. The Morgan fingerprint density at radius 2 is 2.24 bits per heavy atom. The van der Waals surface area contributed by atoms with Crippen molar-refractivity contribution in [2.24, 2.45) is 5.92 Å². The molecule has 2 aliphatic heterocycles. The van der Waals surface area contributed by atoms with Crippen LogP contribution in [0, 0.1) is 5.92 Å². The zero-order valence-electron chi connectivity index (χ0n) is 10.4. The molecule has 3 heterocycles. The molecule has 3 heteroatoms. The number of ether oxygens (including phenoxy) is 1. The molecule has 17 heavy (non-hydrogen) atoms. The van der Waals surface area contributed by atoms with E-state index in [1.54, 1.807) is 0 Å². The lowest BCUT2D eigenvalue weighted by molar-refractivity contribution is -0.00276. The van der Waals surface area contributed by atoms with Gasteiger partial charge >= 0.3 is 0 Å². The molecule has 92 valence electrons. The van der Waals surface area contributed by atoms with E-state index in [-0.39, 0.29) is 0 Å². The fraction of sp³-hybridized carbons (Fsp3) is 0.643. The quantitative estimate of drug-likeness (QED) is 0.780. The summed E-state index contributed by atoms with van der Waals surface area (Å²) in [5, 5.41) is 0. The predicted octanol–water partition coefficient (Wildman–Crippen LogP) is 2.08. The molecule has 0 aromatic carbocycles. The average Bonchev–Trinajstić information content (AvgIpc) is 2.70. The van der Waals surface area contributed by atoms with E-state index >= 15 is 0 Å². The van der Waals surface area contributed by atoms with Crippen LogP contribution < -0.4 is 0 Å². The van der Waals surface area contributed by atoms with Crippen LogP contribution in [0.15, 0.2) is 24.5 Å². The van der Waals surface area contributed by atoms with E-state index in [0.717, 1.165) is 19.0 Å². The van der Waals surface area contributed by atoms with E-state index in [1.807, 2.05) is 12.4 Å². The van der Waals surface area contributed by atoms with Crippen molar-refractivity contribution in [3.05, 3.63) is 30.1 Å². The minimum absolute atomic E-state index is 0.464. The van der Waals surface area contributed by atoms with Crippen LogP contribution in [-0.4, -0.2) is 35.2 Å². The Morgan fingerprint density at radius 3 is 3.06 bits per heavy atom. The Bertz CT molecular complexity index is 368. The number of nitrogens with zero attached hydrogens (tertiary/aromatic N) is 2. The largest absolute Gasteiger partial charge is 0.374 e. The number of hydrogen-bond donors (Lipinski definition) is 0. The van der Waals surface area contributed by atoms with Crippen LogP contribution in [0.3, 0.4) is 0 Å². The van der Waals surface area contributed by atoms with Crippen LogP contribution in [0.2, 0.25) is 0 Å². The van der Waals surface area contributed by atoms with Gasteiger partial charge < -0.3 is 4.74 Å². The van der Waals surface area contributed by atoms with Gasteiger partial charge in [0, 0.05) is 25.5 Å². The minimum atomic E-state index is 0.464. The van der Waals surface area contributed by atoms with Crippen LogP contribution in [0.1, 0.15) is 25.3 Å². The Kier molecular flexibility index (Phi) is 3.12. The van der Waals surface area contributed by atoms with Gasteiger partial charge in [0.25, 0.3) is 0 Å². The van der Waals surface area contributed by atoms with Crippen molar-refractivity contribution in [1.82, 2.24) is 9.88 Å². The number of pyridine rings is 1. The lowest BCUT2D eigenvalue weighted by Gasteiger charge is -2.34. The maximum atomic E-state index is 5.98. The molecule has 1 aromatic rings. The van der Waals surface area contributed by atoms with Gasteiger partial charge in [0.1, 0.15) is 0 Å². The Balaban J connectivity index is 1.60. The first-order valence-electron chi connectivity index (χ1n) is 6.58. The highest BCUT2D eigenvalue weighted by Crippen LogP contribution is 2.33. The molecule has 2 fully saturated rings. The molecular weight excluding hydrogens is 212 g/mol. The number of likely N-dealkylation sites (tertiary alicyclic amines) is 1. The molecule has 2 saturated heterocycles. The Labute approximate surface area is 103 Å². The van der Waals surface area contributed by atoms with Crippen LogP contribution >= 0.6 is 0 Å². The topological polar surface area (TPSA) is 25.4 Å². The average molecular weight is 232 g/mol. The van der Waals surface area contributed by atoms with Crippen LogP contribution in [0.5, 0.6) is 0 Å². The van der Waals surface area contributed by atoms with E-state index in [4.69, 9.17) is 4.74 Å². The number of hydrogen-bond acceptors (Lipinski definition) is 3. The molecule has 3 nitrogen and oxygen atoms in total. The van der Waals surface area contributed by atoms with E-state index in [2.05, 4.69) is 28.9 Å². The first kappa shape index (κ1) is 11.2. The maximum absolute atomic E-state index is 5.98. The standard InChI is InChI=1S/C14H20N2O/c1-11-8-13-4-7-16(10-14(13)17-11)9-12-2-5-15-6-3-12/h2-3,5-6,11,13-14H,4,7-10H2,1H3/t11-,13+,14-/m1/s1. The van der Waals surface area contributed by atoms with Crippen molar-refractivity contribution in [2.45, 2.75) is 38.5 Å². The van der Waals surface area contributed by atoms with Crippen molar-refractivity contribution in [1.29, 1.82) is 0 Å². The number of piperidine rings is 1. The summed E-state index contributed by atoms with van der Waals surface area (Å²) in [4.78, 5) is 6.57. The monoisotopic (exact) mass is 232 g/mol. The Hall–Kier alpha value is -0.930. The van der Waals surface area contributed by atoms with Gasteiger partial charge in [0.2, 0.25) is 0 Å². The molecule has 0 unspecified atom stereocenters. The molecular formula is C14H20N2O. The summed E-state index contributed by atoms with van der Waals surface area (Å²) in [6.07, 6.45) is 7.23. The fourth-order valence-corrected chi connectivity index (χ4v) is 3.12. The third kappa shape index (κ3) is 2.50. The second-order valence-corrected chi connectivity index (χ2v) is 5.36. The highest BCUT2D eigenvalue weighted by atomic mass is 16.5. The molecule has 0 N–H and O–H groups in total. The molecule has 0 radical (unpaired) electrons. The van der Waals surface area contributed by atoms with Gasteiger partial charge in [0.05, 0.1) is 12.2 Å². The number of rotatable bonds is 2. The summed E-state index contributed by atoms with van der Waals surface area (Å²) >= 11 is 0. The van der Waals surface area contributed by atoms with Crippen molar-refractivity contribution in [2.75, 3.05) is 13.1 Å². The number of aromatic nitrogens is 1. The summed E-state index contributed by atoms with van der Waals surface area (Å²) in [6.45, 7) is 5.53. The summed E-state index contributed by atoms with van der Waals surface area (Å²) in [5.41, 5.74) is 1.35.